The molecule has 0 fully saturated rings. The van der Waals surface area contributed by atoms with Crippen molar-refractivity contribution in [3.8, 4) is 0 Å². The topological polar surface area (TPSA) is 73.3 Å². The second kappa shape index (κ2) is 4.66. The van der Waals surface area contributed by atoms with E-state index in [4.69, 9.17) is 8.94 Å². The van der Waals surface area contributed by atoms with E-state index >= 15 is 0 Å². The van der Waals surface area contributed by atoms with E-state index in [-0.39, 0.29) is 22.8 Å². The Bertz CT molecular complexity index is 649. The molecule has 0 bridgehead atoms. The molecule has 0 aromatic carbocycles. The first kappa shape index (κ1) is 11.6. The molecular formula is C13H7NO4S. The van der Waals surface area contributed by atoms with Gasteiger partial charge in [0.05, 0.1) is 16.7 Å². The van der Waals surface area contributed by atoms with Gasteiger partial charge in [0, 0.05) is 0 Å². The predicted octanol–water partition coefficient (Wildman–Crippen LogP) is 2.79. The number of nitrogens with zero attached hydrogens (tertiary/aromatic N) is 1. The summed E-state index contributed by atoms with van der Waals surface area (Å²) in [5.41, 5.74) is 0.109. The molecule has 0 spiro atoms. The lowest BCUT2D eigenvalue weighted by Gasteiger charge is -1.96. The van der Waals surface area contributed by atoms with Gasteiger partial charge in [-0.1, -0.05) is 11.2 Å². The zero-order valence-corrected chi connectivity index (χ0v) is 10.3. The summed E-state index contributed by atoms with van der Waals surface area (Å²) < 4.78 is 9.76. The van der Waals surface area contributed by atoms with E-state index in [0.29, 0.717) is 4.88 Å². The molecule has 3 rings (SSSR count). The van der Waals surface area contributed by atoms with Crippen LogP contribution in [0, 0.1) is 0 Å². The highest BCUT2D eigenvalue weighted by Gasteiger charge is 2.25. The lowest BCUT2D eigenvalue weighted by Crippen LogP contribution is -2.08. The number of rotatable bonds is 4. The summed E-state index contributed by atoms with van der Waals surface area (Å²) in [6.45, 7) is 0. The van der Waals surface area contributed by atoms with Crippen LogP contribution in [0.1, 0.15) is 31.5 Å². The van der Waals surface area contributed by atoms with E-state index in [1.807, 2.05) is 0 Å². The van der Waals surface area contributed by atoms with Gasteiger partial charge < -0.3 is 8.94 Å². The maximum atomic E-state index is 12.2. The number of hydrogen-bond donors (Lipinski definition) is 0. The summed E-state index contributed by atoms with van der Waals surface area (Å²) in [5, 5.41) is 5.39. The number of aromatic nitrogens is 1. The van der Waals surface area contributed by atoms with E-state index in [0.717, 1.165) is 0 Å². The number of thiophene rings is 1. The van der Waals surface area contributed by atoms with E-state index < -0.39 is 5.78 Å². The number of hydrogen-bond acceptors (Lipinski definition) is 6. The van der Waals surface area contributed by atoms with Gasteiger partial charge in [0.25, 0.3) is 5.78 Å². The van der Waals surface area contributed by atoms with Crippen LogP contribution in [0.15, 0.2) is 51.1 Å². The van der Waals surface area contributed by atoms with Gasteiger partial charge in [0.15, 0.2) is 11.5 Å². The Morgan fingerprint density at radius 3 is 2.74 bits per heavy atom. The summed E-state index contributed by atoms with van der Waals surface area (Å²) >= 11 is 1.29. The molecule has 0 aliphatic heterocycles. The normalized spacial score (nSPS) is 10.5. The number of ketones is 2. The van der Waals surface area contributed by atoms with Crippen LogP contribution in [0.25, 0.3) is 0 Å². The zero-order valence-electron chi connectivity index (χ0n) is 9.53. The minimum absolute atomic E-state index is 0.0339. The minimum Gasteiger partial charge on any atom is -0.461 e. The summed E-state index contributed by atoms with van der Waals surface area (Å²) in [6.07, 6.45) is 2.56. The van der Waals surface area contributed by atoms with Crippen molar-refractivity contribution in [3.05, 3.63) is 64.1 Å². The summed E-state index contributed by atoms with van der Waals surface area (Å²) in [6, 6.07) is 6.55. The van der Waals surface area contributed by atoms with Crippen LogP contribution in [-0.2, 0) is 0 Å². The molecule has 0 saturated carbocycles. The fourth-order valence-corrected chi connectivity index (χ4v) is 2.30. The molecule has 3 heterocycles. The molecule has 6 heteroatoms. The van der Waals surface area contributed by atoms with Gasteiger partial charge >= 0.3 is 0 Å². The highest BCUT2D eigenvalue weighted by Crippen LogP contribution is 2.20. The molecule has 0 radical (unpaired) electrons. The molecule has 19 heavy (non-hydrogen) atoms. The van der Waals surface area contributed by atoms with E-state index in [1.165, 1.54) is 29.9 Å². The third-order valence-electron chi connectivity index (χ3n) is 2.52. The lowest BCUT2D eigenvalue weighted by atomic mass is 10.1. The van der Waals surface area contributed by atoms with Crippen LogP contribution in [0.4, 0.5) is 0 Å². The van der Waals surface area contributed by atoms with Crippen molar-refractivity contribution in [1.29, 1.82) is 0 Å². The van der Waals surface area contributed by atoms with Crippen LogP contribution in [0.2, 0.25) is 0 Å². The molecule has 3 aromatic heterocycles. The average Bonchev–Trinajstić information content (AvgIpc) is 3.16. The van der Waals surface area contributed by atoms with Gasteiger partial charge in [-0.25, -0.2) is 0 Å². The molecule has 5 nitrogen and oxygen atoms in total. The van der Waals surface area contributed by atoms with Crippen LogP contribution < -0.4 is 0 Å². The fraction of sp³-hybridized carbons (Fsp3) is 0. The van der Waals surface area contributed by atoms with Gasteiger partial charge in [0.1, 0.15) is 6.26 Å². The molecular weight excluding hydrogens is 266 g/mol. The Morgan fingerprint density at radius 2 is 2.05 bits per heavy atom. The number of carbonyl (C=O) groups is 2. The lowest BCUT2D eigenvalue weighted by molar-refractivity contribution is 0.0984. The van der Waals surface area contributed by atoms with Crippen LogP contribution >= 0.6 is 11.3 Å². The second-order valence-corrected chi connectivity index (χ2v) is 4.64. The summed E-state index contributed by atoms with van der Waals surface area (Å²) in [5.74, 6) is -0.640. The third kappa shape index (κ3) is 2.02. The average molecular weight is 273 g/mol. The van der Waals surface area contributed by atoms with Crippen LogP contribution in [0.5, 0.6) is 0 Å². The monoisotopic (exact) mass is 273 g/mol. The van der Waals surface area contributed by atoms with Gasteiger partial charge in [-0.15, -0.1) is 11.3 Å². The van der Waals surface area contributed by atoms with Crippen molar-refractivity contribution in [2.45, 2.75) is 0 Å². The quantitative estimate of drug-likeness (QED) is 0.683. The van der Waals surface area contributed by atoms with Crippen molar-refractivity contribution in [2.75, 3.05) is 0 Å². The van der Waals surface area contributed by atoms with E-state index in [1.54, 1.807) is 23.6 Å². The van der Waals surface area contributed by atoms with Crippen LogP contribution in [-0.4, -0.2) is 16.7 Å². The van der Waals surface area contributed by atoms with Crippen LogP contribution in [0.3, 0.4) is 0 Å². The Kier molecular flexibility index (Phi) is 2.85. The van der Waals surface area contributed by atoms with Gasteiger partial charge in [-0.2, -0.15) is 0 Å². The largest absolute Gasteiger partial charge is 0.461 e. The molecule has 3 aromatic rings. The first-order valence-corrected chi connectivity index (χ1v) is 6.26. The first-order chi connectivity index (χ1) is 9.27. The SMILES string of the molecule is O=C(c1cccs1)c1conc1C(=O)c1ccco1. The third-order valence-corrected chi connectivity index (χ3v) is 3.39. The van der Waals surface area contributed by atoms with Crippen molar-refractivity contribution in [2.24, 2.45) is 0 Å². The zero-order chi connectivity index (χ0) is 13.2. The molecule has 0 saturated heterocycles. The standard InChI is InChI=1S/C13H7NO4S/c15-12(10-4-2-6-19-10)8-7-18-14-11(8)13(16)9-3-1-5-17-9/h1-7H. The van der Waals surface area contributed by atoms with Gasteiger partial charge in [-0.3, -0.25) is 9.59 Å². The molecule has 94 valence electrons. The highest BCUT2D eigenvalue weighted by molar-refractivity contribution is 7.12. The van der Waals surface area contributed by atoms with Gasteiger partial charge in [0.2, 0.25) is 5.78 Å². The van der Waals surface area contributed by atoms with E-state index in [9.17, 15) is 9.59 Å². The molecule has 0 aliphatic rings. The minimum atomic E-state index is -0.473. The Morgan fingerprint density at radius 1 is 1.16 bits per heavy atom. The second-order valence-electron chi connectivity index (χ2n) is 3.69. The summed E-state index contributed by atoms with van der Waals surface area (Å²) in [7, 11) is 0. The molecule has 0 aliphatic carbocycles. The highest BCUT2D eigenvalue weighted by atomic mass is 32.1. The molecule has 0 amide bonds. The smallest absolute Gasteiger partial charge is 0.250 e. The first-order valence-electron chi connectivity index (χ1n) is 5.38. The summed E-state index contributed by atoms with van der Waals surface area (Å²) in [4.78, 5) is 24.8. The molecule has 0 atom stereocenters. The Hall–Kier alpha value is -2.47. The Labute approximate surface area is 111 Å². The van der Waals surface area contributed by atoms with Crippen molar-refractivity contribution in [3.63, 3.8) is 0 Å². The van der Waals surface area contributed by atoms with Crippen molar-refractivity contribution >= 4 is 22.9 Å². The van der Waals surface area contributed by atoms with Crippen molar-refractivity contribution < 1.29 is 18.5 Å². The van der Waals surface area contributed by atoms with Gasteiger partial charge in [-0.05, 0) is 23.6 Å². The number of furan rings is 1. The Balaban J connectivity index is 1.99. The fourth-order valence-electron chi connectivity index (χ4n) is 1.63. The van der Waals surface area contributed by atoms with E-state index in [2.05, 4.69) is 5.16 Å². The number of carbonyl (C=O) groups excluding carboxylic acids is 2. The predicted molar refractivity (Wildman–Crippen MR) is 66.4 cm³/mol. The molecule has 0 unspecified atom stereocenters. The van der Waals surface area contributed by atoms with Crippen molar-refractivity contribution in [1.82, 2.24) is 5.16 Å². The molecule has 0 N–H and O–H groups in total. The maximum absolute atomic E-state index is 12.2. The maximum Gasteiger partial charge on any atom is 0.250 e.